The Morgan fingerprint density at radius 1 is 1.10 bits per heavy atom. The van der Waals surface area contributed by atoms with Crippen molar-refractivity contribution >= 4 is 5.65 Å². The summed E-state index contributed by atoms with van der Waals surface area (Å²) >= 11 is 0. The molecule has 2 aromatic heterocycles. The van der Waals surface area contributed by atoms with Crippen molar-refractivity contribution in [1.82, 2.24) is 25.1 Å². The van der Waals surface area contributed by atoms with Crippen LogP contribution in [-0.2, 0) is 0 Å². The molecule has 0 radical (unpaired) electrons. The first-order valence-corrected chi connectivity index (χ1v) is 7.03. The summed E-state index contributed by atoms with van der Waals surface area (Å²) in [6, 6.07) is 10.3. The number of benzene rings is 1. The van der Waals surface area contributed by atoms with E-state index in [9.17, 15) is 4.39 Å². The largest absolute Gasteiger partial charge is 0.307 e. The second-order valence-electron chi connectivity index (χ2n) is 5.20. The molecule has 1 fully saturated rings. The first-order valence-electron chi connectivity index (χ1n) is 7.03. The maximum atomic E-state index is 13.0. The van der Waals surface area contributed by atoms with Crippen LogP contribution in [0.25, 0.3) is 16.9 Å². The van der Waals surface area contributed by atoms with Gasteiger partial charge in [0.05, 0.1) is 11.7 Å². The summed E-state index contributed by atoms with van der Waals surface area (Å²) in [4.78, 5) is 0. The van der Waals surface area contributed by atoms with Gasteiger partial charge in [0, 0.05) is 5.56 Å². The van der Waals surface area contributed by atoms with Crippen LogP contribution in [0.15, 0.2) is 36.4 Å². The first-order chi connectivity index (χ1) is 10.3. The lowest BCUT2D eigenvalue weighted by atomic mass is 10.1. The van der Waals surface area contributed by atoms with Crippen molar-refractivity contribution in [2.24, 2.45) is 0 Å². The molecule has 6 heteroatoms. The lowest BCUT2D eigenvalue weighted by Gasteiger charge is -2.08. The fourth-order valence-corrected chi connectivity index (χ4v) is 2.70. The van der Waals surface area contributed by atoms with E-state index in [1.807, 2.05) is 12.1 Å². The van der Waals surface area contributed by atoms with Crippen LogP contribution < -0.4 is 5.32 Å². The Balaban J connectivity index is 1.80. The van der Waals surface area contributed by atoms with Gasteiger partial charge < -0.3 is 5.32 Å². The Bertz CT molecular complexity index is 774. The Kier molecular flexibility index (Phi) is 2.89. The van der Waals surface area contributed by atoms with Gasteiger partial charge in [0.15, 0.2) is 11.5 Å². The van der Waals surface area contributed by atoms with E-state index in [2.05, 4.69) is 20.6 Å². The summed E-state index contributed by atoms with van der Waals surface area (Å²) < 4.78 is 14.8. The minimum absolute atomic E-state index is 0.205. The molecular formula is C15H14FN5. The summed E-state index contributed by atoms with van der Waals surface area (Å²) in [7, 11) is 0. The molecule has 0 amide bonds. The number of hydrogen-bond donors (Lipinski definition) is 1. The van der Waals surface area contributed by atoms with Crippen molar-refractivity contribution in [3.8, 4) is 11.3 Å². The molecule has 0 saturated carbocycles. The van der Waals surface area contributed by atoms with Crippen LogP contribution >= 0.6 is 0 Å². The van der Waals surface area contributed by atoms with Crippen molar-refractivity contribution in [2.75, 3.05) is 6.54 Å². The van der Waals surface area contributed by atoms with Crippen LogP contribution in [0.1, 0.15) is 24.7 Å². The molecule has 0 aliphatic carbocycles. The standard InChI is InChI=1S/C15H14FN5/c16-11-5-3-10(4-6-11)12-7-8-14-18-19-15(21(14)20-12)13-2-1-9-17-13/h3-8,13,17H,1-2,9H2/t13-/m1/s1. The van der Waals surface area contributed by atoms with E-state index in [-0.39, 0.29) is 11.9 Å². The predicted octanol–water partition coefficient (Wildman–Crippen LogP) is 2.35. The van der Waals surface area contributed by atoms with Crippen LogP contribution in [0, 0.1) is 5.82 Å². The van der Waals surface area contributed by atoms with Gasteiger partial charge in [-0.15, -0.1) is 10.2 Å². The molecule has 1 aliphatic rings. The average Bonchev–Trinajstić information content (AvgIpc) is 3.16. The van der Waals surface area contributed by atoms with E-state index >= 15 is 0 Å². The van der Waals surface area contributed by atoms with E-state index in [1.165, 1.54) is 12.1 Å². The molecule has 4 rings (SSSR count). The van der Waals surface area contributed by atoms with Crippen LogP contribution in [0.5, 0.6) is 0 Å². The van der Waals surface area contributed by atoms with E-state index < -0.39 is 0 Å². The topological polar surface area (TPSA) is 55.1 Å². The second-order valence-corrected chi connectivity index (χ2v) is 5.20. The Morgan fingerprint density at radius 2 is 1.95 bits per heavy atom. The zero-order valence-corrected chi connectivity index (χ0v) is 11.3. The zero-order chi connectivity index (χ0) is 14.2. The van der Waals surface area contributed by atoms with Crippen LogP contribution in [0.4, 0.5) is 4.39 Å². The normalized spacial score (nSPS) is 18.4. The lowest BCUT2D eigenvalue weighted by Crippen LogP contribution is -2.16. The number of nitrogens with zero attached hydrogens (tertiary/aromatic N) is 4. The molecular weight excluding hydrogens is 269 g/mol. The van der Waals surface area contributed by atoms with Gasteiger partial charge in [-0.2, -0.15) is 9.61 Å². The maximum Gasteiger partial charge on any atom is 0.178 e. The smallest absolute Gasteiger partial charge is 0.178 e. The SMILES string of the molecule is Fc1ccc(-c2ccc3nnc([C@H]4CCCN4)n3n2)cc1. The maximum absolute atomic E-state index is 13.0. The monoisotopic (exact) mass is 283 g/mol. The van der Waals surface area contributed by atoms with Crippen LogP contribution in [0.3, 0.4) is 0 Å². The summed E-state index contributed by atoms with van der Waals surface area (Å²) in [5.41, 5.74) is 2.38. The summed E-state index contributed by atoms with van der Waals surface area (Å²) in [5.74, 6) is 0.589. The third-order valence-electron chi connectivity index (χ3n) is 3.80. The third kappa shape index (κ3) is 2.17. The van der Waals surface area contributed by atoms with E-state index in [4.69, 9.17) is 0 Å². The third-order valence-corrected chi connectivity index (χ3v) is 3.80. The Morgan fingerprint density at radius 3 is 2.71 bits per heavy atom. The highest BCUT2D eigenvalue weighted by molar-refractivity contribution is 5.60. The summed E-state index contributed by atoms with van der Waals surface area (Å²) in [5, 5.41) is 16.4. The fourth-order valence-electron chi connectivity index (χ4n) is 2.70. The number of halogens is 1. The molecule has 0 unspecified atom stereocenters. The van der Waals surface area contributed by atoms with Gasteiger partial charge in [-0.3, -0.25) is 0 Å². The van der Waals surface area contributed by atoms with E-state index in [1.54, 1.807) is 16.6 Å². The van der Waals surface area contributed by atoms with Crippen molar-refractivity contribution < 1.29 is 4.39 Å². The van der Waals surface area contributed by atoms with Crippen molar-refractivity contribution in [1.29, 1.82) is 0 Å². The fraction of sp³-hybridized carbons (Fsp3) is 0.267. The number of nitrogens with one attached hydrogen (secondary N) is 1. The second kappa shape index (κ2) is 4.89. The quantitative estimate of drug-likeness (QED) is 0.784. The van der Waals surface area contributed by atoms with Crippen molar-refractivity contribution in [3.05, 3.63) is 48.0 Å². The van der Waals surface area contributed by atoms with Crippen LogP contribution in [0.2, 0.25) is 0 Å². The molecule has 1 saturated heterocycles. The molecule has 21 heavy (non-hydrogen) atoms. The molecule has 1 aliphatic heterocycles. The van der Waals surface area contributed by atoms with Crippen LogP contribution in [-0.4, -0.2) is 26.4 Å². The number of aromatic nitrogens is 4. The molecule has 3 aromatic rings. The van der Waals surface area contributed by atoms with Gasteiger partial charge >= 0.3 is 0 Å². The first kappa shape index (κ1) is 12.4. The van der Waals surface area contributed by atoms with Gasteiger partial charge in [0.25, 0.3) is 0 Å². The highest BCUT2D eigenvalue weighted by atomic mass is 19.1. The molecule has 0 spiro atoms. The molecule has 5 nitrogen and oxygen atoms in total. The van der Waals surface area contributed by atoms with Gasteiger partial charge in [0.2, 0.25) is 0 Å². The van der Waals surface area contributed by atoms with E-state index in [0.29, 0.717) is 0 Å². The predicted molar refractivity (Wildman–Crippen MR) is 76.2 cm³/mol. The average molecular weight is 283 g/mol. The zero-order valence-electron chi connectivity index (χ0n) is 11.3. The highest BCUT2D eigenvalue weighted by Gasteiger charge is 2.22. The van der Waals surface area contributed by atoms with Gasteiger partial charge in [0.1, 0.15) is 5.82 Å². The van der Waals surface area contributed by atoms with Crippen molar-refractivity contribution in [2.45, 2.75) is 18.9 Å². The minimum Gasteiger partial charge on any atom is -0.307 e. The van der Waals surface area contributed by atoms with Crippen molar-refractivity contribution in [3.63, 3.8) is 0 Å². The summed E-state index contributed by atoms with van der Waals surface area (Å²) in [6.45, 7) is 0.997. The molecule has 1 atom stereocenters. The molecule has 0 bridgehead atoms. The number of hydrogen-bond acceptors (Lipinski definition) is 4. The molecule has 1 aromatic carbocycles. The minimum atomic E-state index is -0.250. The molecule has 1 N–H and O–H groups in total. The lowest BCUT2D eigenvalue weighted by molar-refractivity contribution is 0.585. The van der Waals surface area contributed by atoms with Gasteiger partial charge in [-0.1, -0.05) is 0 Å². The number of fused-ring (bicyclic) bond motifs is 1. The molecule has 3 heterocycles. The summed E-state index contributed by atoms with van der Waals surface area (Å²) in [6.07, 6.45) is 2.18. The van der Waals surface area contributed by atoms with Gasteiger partial charge in [-0.25, -0.2) is 4.39 Å². The van der Waals surface area contributed by atoms with E-state index in [0.717, 1.165) is 42.1 Å². The Hall–Kier alpha value is -2.34. The molecule has 106 valence electrons. The van der Waals surface area contributed by atoms with Gasteiger partial charge in [-0.05, 0) is 55.8 Å². The number of rotatable bonds is 2. The highest BCUT2D eigenvalue weighted by Crippen LogP contribution is 2.23. The Labute approximate surface area is 120 Å².